The molecule has 11 heteroatoms. The van der Waals surface area contributed by atoms with E-state index in [0.29, 0.717) is 31.3 Å². The first kappa shape index (κ1) is 26.8. The van der Waals surface area contributed by atoms with E-state index in [1.165, 1.54) is 23.1 Å². The van der Waals surface area contributed by atoms with Gasteiger partial charge in [0.05, 0.1) is 12.3 Å². The molecule has 1 saturated heterocycles. The lowest BCUT2D eigenvalue weighted by molar-refractivity contribution is -0.133. The van der Waals surface area contributed by atoms with Crippen LogP contribution in [0.25, 0.3) is 0 Å². The van der Waals surface area contributed by atoms with E-state index in [1.807, 2.05) is 20.8 Å². The van der Waals surface area contributed by atoms with Crippen LogP contribution in [0, 0.1) is 11.3 Å². The first-order chi connectivity index (χ1) is 16.4. The summed E-state index contributed by atoms with van der Waals surface area (Å²) in [5.41, 5.74) is 5.72. The van der Waals surface area contributed by atoms with Gasteiger partial charge in [0, 0.05) is 31.4 Å². The van der Waals surface area contributed by atoms with E-state index in [9.17, 15) is 23.2 Å². The number of ether oxygens (including phenoxy) is 2. The van der Waals surface area contributed by atoms with Crippen molar-refractivity contribution < 1.29 is 32.6 Å². The van der Waals surface area contributed by atoms with E-state index >= 15 is 0 Å². The third-order valence-electron chi connectivity index (χ3n) is 6.01. The molecule has 1 saturated carbocycles. The van der Waals surface area contributed by atoms with Crippen molar-refractivity contribution in [2.45, 2.75) is 52.7 Å². The van der Waals surface area contributed by atoms with Crippen molar-refractivity contribution in [2.75, 3.05) is 43.1 Å². The molecule has 0 radical (unpaired) electrons. The van der Waals surface area contributed by atoms with Gasteiger partial charge in [-0.15, -0.1) is 0 Å². The number of morpholine rings is 1. The van der Waals surface area contributed by atoms with Gasteiger partial charge in [0.1, 0.15) is 6.61 Å². The molecule has 0 bridgehead atoms. The van der Waals surface area contributed by atoms with Crippen LogP contribution in [0.2, 0.25) is 0 Å². The number of hydrogen-bond donors (Lipinski definition) is 2. The number of nitrogens with two attached hydrogens (primary N) is 1. The Labute approximate surface area is 203 Å². The molecule has 194 valence electrons. The molecule has 1 heterocycles. The Kier molecular flexibility index (Phi) is 8.65. The van der Waals surface area contributed by atoms with E-state index in [-0.39, 0.29) is 35.9 Å². The minimum absolute atomic E-state index is 0.0506. The summed E-state index contributed by atoms with van der Waals surface area (Å²) in [4.78, 5) is 41.0. The molecule has 3 N–H and O–H groups in total. The smallest absolute Gasteiger partial charge is 0.387 e. The lowest BCUT2D eigenvalue weighted by Crippen LogP contribution is -2.55. The van der Waals surface area contributed by atoms with E-state index in [0.717, 1.165) is 19.3 Å². The Morgan fingerprint density at radius 3 is 2.57 bits per heavy atom. The fraction of sp³-hybridized carbons (Fsp3) is 0.625. The second-order valence-corrected chi connectivity index (χ2v) is 10.2. The van der Waals surface area contributed by atoms with Crippen molar-refractivity contribution >= 4 is 29.1 Å². The topological polar surface area (TPSA) is 114 Å². The highest BCUT2D eigenvalue weighted by atomic mass is 19.3. The molecule has 2 aliphatic rings. The maximum Gasteiger partial charge on any atom is 0.387 e. The molecular formula is C24H34F2N4O5. The lowest BCUT2D eigenvalue weighted by atomic mass is 9.84. The van der Waals surface area contributed by atoms with Gasteiger partial charge in [0.25, 0.3) is 11.8 Å². The van der Waals surface area contributed by atoms with Crippen molar-refractivity contribution in [1.82, 2.24) is 4.90 Å². The van der Waals surface area contributed by atoms with Gasteiger partial charge in [-0.1, -0.05) is 27.2 Å². The number of nitrogens with one attached hydrogen (secondary N) is 1. The average molecular weight is 497 g/mol. The van der Waals surface area contributed by atoms with Gasteiger partial charge in [-0.05, 0) is 36.3 Å². The largest absolute Gasteiger partial charge is 0.433 e. The molecule has 0 aromatic heterocycles. The zero-order chi connectivity index (χ0) is 25.8. The highest BCUT2D eigenvalue weighted by Gasteiger charge is 2.36. The number of hydrogen-bond acceptors (Lipinski definition) is 6. The Hall–Kier alpha value is -2.79. The molecule has 1 aromatic rings. The minimum Gasteiger partial charge on any atom is -0.433 e. The van der Waals surface area contributed by atoms with Crippen LogP contribution in [0.4, 0.5) is 20.2 Å². The number of halogens is 2. The van der Waals surface area contributed by atoms with Crippen LogP contribution in [0.5, 0.6) is 5.75 Å². The number of carbonyl (C=O) groups is 3. The molecule has 9 nitrogen and oxygen atoms in total. The van der Waals surface area contributed by atoms with Crippen molar-refractivity contribution in [3.8, 4) is 5.75 Å². The lowest BCUT2D eigenvalue weighted by Gasteiger charge is -2.38. The Morgan fingerprint density at radius 2 is 2.03 bits per heavy atom. The fourth-order valence-electron chi connectivity index (χ4n) is 4.32. The van der Waals surface area contributed by atoms with E-state index in [2.05, 4.69) is 10.1 Å². The number of carbonyl (C=O) groups excluding carboxylic acids is 3. The van der Waals surface area contributed by atoms with Crippen LogP contribution in [0.3, 0.4) is 0 Å². The fourth-order valence-corrected chi connectivity index (χ4v) is 4.32. The zero-order valence-corrected chi connectivity index (χ0v) is 20.4. The van der Waals surface area contributed by atoms with Crippen LogP contribution < -0.4 is 20.7 Å². The van der Waals surface area contributed by atoms with Crippen LogP contribution >= 0.6 is 0 Å². The summed E-state index contributed by atoms with van der Waals surface area (Å²) in [6.07, 6.45) is 3.14. The summed E-state index contributed by atoms with van der Waals surface area (Å²) in [7, 11) is 0. The second-order valence-electron chi connectivity index (χ2n) is 10.2. The maximum absolute atomic E-state index is 13.3. The molecule has 1 aromatic carbocycles. The first-order valence-corrected chi connectivity index (χ1v) is 11.8. The van der Waals surface area contributed by atoms with Crippen LogP contribution in [-0.4, -0.2) is 68.1 Å². The van der Waals surface area contributed by atoms with Crippen molar-refractivity contribution in [2.24, 2.45) is 17.1 Å². The van der Waals surface area contributed by atoms with Gasteiger partial charge in [0.2, 0.25) is 5.91 Å². The van der Waals surface area contributed by atoms with Crippen LogP contribution in [0.1, 0.15) is 40.0 Å². The van der Waals surface area contributed by atoms with Gasteiger partial charge in [0.15, 0.2) is 11.8 Å². The molecule has 3 amide bonds. The third kappa shape index (κ3) is 7.35. The predicted octanol–water partition coefficient (Wildman–Crippen LogP) is 2.59. The standard InChI is InChI=1S/C24H34F2N4O5/c1-24(2,3)14-29(12-15-5-4-6-15)20(21(27)32)22(33)28-17-8-7-16(11-18(17)35-23(25)26)30-9-10-34-13-19(30)31/h7-8,11,15,20,23H,4-6,9-10,12-14H2,1-3H3,(H2,27,32)(H,28,33)/t20-/m1/s1. The number of alkyl halides is 2. The van der Waals surface area contributed by atoms with E-state index < -0.39 is 24.5 Å². The molecule has 0 unspecified atom stereocenters. The number of amides is 3. The molecule has 0 spiro atoms. The quantitative estimate of drug-likeness (QED) is 0.482. The monoisotopic (exact) mass is 496 g/mol. The summed E-state index contributed by atoms with van der Waals surface area (Å²) in [5, 5.41) is 2.55. The summed E-state index contributed by atoms with van der Waals surface area (Å²) in [6, 6.07) is 2.85. The maximum atomic E-state index is 13.3. The van der Waals surface area contributed by atoms with Gasteiger partial charge < -0.3 is 25.4 Å². The second kappa shape index (κ2) is 11.3. The van der Waals surface area contributed by atoms with Gasteiger partial charge in [-0.2, -0.15) is 8.78 Å². The number of rotatable bonds is 10. The van der Waals surface area contributed by atoms with Crippen molar-refractivity contribution in [3.05, 3.63) is 18.2 Å². The van der Waals surface area contributed by atoms with Crippen molar-refractivity contribution in [3.63, 3.8) is 0 Å². The Bertz CT molecular complexity index is 933. The average Bonchev–Trinajstić information content (AvgIpc) is 2.70. The van der Waals surface area contributed by atoms with Crippen molar-refractivity contribution in [1.29, 1.82) is 0 Å². The number of anilines is 2. The summed E-state index contributed by atoms with van der Waals surface area (Å²) < 4.78 is 36.1. The minimum atomic E-state index is -3.16. The molecule has 3 rings (SSSR count). The highest BCUT2D eigenvalue weighted by molar-refractivity contribution is 6.10. The summed E-state index contributed by atoms with van der Waals surface area (Å²) >= 11 is 0. The predicted molar refractivity (Wildman–Crippen MR) is 126 cm³/mol. The van der Waals surface area contributed by atoms with E-state index in [4.69, 9.17) is 10.5 Å². The molecule has 2 fully saturated rings. The third-order valence-corrected chi connectivity index (χ3v) is 6.01. The normalized spacial score (nSPS) is 17.9. The zero-order valence-electron chi connectivity index (χ0n) is 20.4. The van der Waals surface area contributed by atoms with Gasteiger partial charge in [-0.25, -0.2) is 0 Å². The SMILES string of the molecule is CC(C)(C)CN(CC1CCC1)[C@H](C(N)=O)C(=O)Nc1ccc(N2CCOCC2=O)cc1OC(F)F. The molecular weight excluding hydrogens is 462 g/mol. The first-order valence-electron chi connectivity index (χ1n) is 11.8. The van der Waals surface area contributed by atoms with E-state index in [1.54, 1.807) is 4.90 Å². The Balaban J connectivity index is 1.86. The summed E-state index contributed by atoms with van der Waals surface area (Å²) in [5.74, 6) is -1.82. The molecule has 1 aliphatic carbocycles. The van der Waals surface area contributed by atoms with Crippen LogP contribution in [-0.2, 0) is 19.1 Å². The Morgan fingerprint density at radius 1 is 1.31 bits per heavy atom. The van der Waals surface area contributed by atoms with Crippen LogP contribution in [0.15, 0.2) is 18.2 Å². The number of benzene rings is 1. The summed E-state index contributed by atoms with van der Waals surface area (Å²) in [6.45, 7) is 4.26. The molecule has 35 heavy (non-hydrogen) atoms. The molecule has 1 atom stereocenters. The number of nitrogens with zero attached hydrogens (tertiary/aromatic N) is 2. The highest BCUT2D eigenvalue weighted by Crippen LogP contribution is 2.33. The van der Waals surface area contributed by atoms with Gasteiger partial charge >= 0.3 is 6.61 Å². The van der Waals surface area contributed by atoms with Gasteiger partial charge in [-0.3, -0.25) is 19.3 Å². The number of primary amides is 1. The molecule has 1 aliphatic heterocycles.